The molecule has 2 aromatic carbocycles. The Hall–Kier alpha value is -3.07. The molecule has 8 nitrogen and oxygen atoms in total. The summed E-state index contributed by atoms with van der Waals surface area (Å²) in [6.45, 7) is 3.00. The van der Waals surface area contributed by atoms with E-state index >= 15 is 0 Å². The number of rotatable bonds is 6. The molecular weight excluding hydrogens is 386 g/mol. The van der Waals surface area contributed by atoms with Crippen molar-refractivity contribution in [3.8, 4) is 11.5 Å². The quantitative estimate of drug-likeness (QED) is 0.735. The lowest BCUT2D eigenvalue weighted by atomic mass is 10.2. The van der Waals surface area contributed by atoms with Crippen LogP contribution in [0.2, 0.25) is 0 Å². The zero-order valence-electron chi connectivity index (χ0n) is 15.3. The van der Waals surface area contributed by atoms with Gasteiger partial charge in [-0.05, 0) is 31.2 Å². The molecule has 0 unspecified atom stereocenters. The van der Waals surface area contributed by atoms with E-state index in [4.69, 9.17) is 14.2 Å². The summed E-state index contributed by atoms with van der Waals surface area (Å²) in [5.74, 6) is -0.534. The largest absolute Gasteiger partial charge is 0.454 e. The van der Waals surface area contributed by atoms with Crippen molar-refractivity contribution in [1.82, 2.24) is 0 Å². The predicted molar refractivity (Wildman–Crippen MR) is 100 cm³/mol. The lowest BCUT2D eigenvalue weighted by Gasteiger charge is -2.15. The maximum atomic E-state index is 12.4. The van der Waals surface area contributed by atoms with Crippen molar-refractivity contribution < 1.29 is 32.2 Å². The van der Waals surface area contributed by atoms with Crippen molar-refractivity contribution in [2.24, 2.45) is 0 Å². The first-order valence-corrected chi connectivity index (χ1v) is 10.2. The standard InChI is InChI=1S/C19H19NO7S/c1-3-28(23,24)17-7-5-4-6-14(17)19(22)27-12(2)18(21)20-13-8-9-15-16(10-13)26-11-25-15/h4-10,12H,3,11H2,1-2H3,(H,20,21)/t12-/m0/s1. The van der Waals surface area contributed by atoms with Gasteiger partial charge in [0.25, 0.3) is 5.91 Å². The molecule has 1 N–H and O–H groups in total. The predicted octanol–water partition coefficient (Wildman–Crippen LogP) is 2.39. The van der Waals surface area contributed by atoms with Gasteiger partial charge >= 0.3 is 5.97 Å². The summed E-state index contributed by atoms with van der Waals surface area (Å²) in [6, 6.07) is 10.6. The molecule has 0 bridgehead atoms. The van der Waals surface area contributed by atoms with Gasteiger partial charge in [-0.2, -0.15) is 0 Å². The van der Waals surface area contributed by atoms with Crippen LogP contribution in [0, 0.1) is 0 Å². The van der Waals surface area contributed by atoms with Crippen LogP contribution in [0.5, 0.6) is 11.5 Å². The van der Waals surface area contributed by atoms with Crippen molar-refractivity contribution >= 4 is 27.4 Å². The van der Waals surface area contributed by atoms with Gasteiger partial charge in [0.05, 0.1) is 16.2 Å². The fraction of sp³-hybridized carbons (Fsp3) is 0.263. The molecule has 0 aliphatic carbocycles. The molecule has 0 spiro atoms. The van der Waals surface area contributed by atoms with Crippen molar-refractivity contribution in [1.29, 1.82) is 0 Å². The lowest BCUT2D eigenvalue weighted by molar-refractivity contribution is -0.123. The van der Waals surface area contributed by atoms with E-state index in [1.165, 1.54) is 38.1 Å². The van der Waals surface area contributed by atoms with E-state index in [-0.39, 0.29) is 23.0 Å². The molecule has 2 aromatic rings. The molecule has 3 rings (SSSR count). The number of ether oxygens (including phenoxy) is 3. The first-order chi connectivity index (χ1) is 13.3. The minimum Gasteiger partial charge on any atom is -0.454 e. The Morgan fingerprint density at radius 1 is 1.14 bits per heavy atom. The highest BCUT2D eigenvalue weighted by atomic mass is 32.2. The lowest BCUT2D eigenvalue weighted by Crippen LogP contribution is -2.30. The Labute approximate surface area is 162 Å². The van der Waals surface area contributed by atoms with Crippen LogP contribution in [0.1, 0.15) is 24.2 Å². The van der Waals surface area contributed by atoms with Crippen LogP contribution in [-0.4, -0.2) is 38.9 Å². The number of amides is 1. The molecule has 1 atom stereocenters. The number of fused-ring (bicyclic) bond motifs is 1. The zero-order valence-corrected chi connectivity index (χ0v) is 16.1. The normalized spacial score (nSPS) is 13.6. The number of carbonyl (C=O) groups excluding carboxylic acids is 2. The molecule has 0 saturated heterocycles. The summed E-state index contributed by atoms with van der Waals surface area (Å²) in [5, 5.41) is 2.61. The summed E-state index contributed by atoms with van der Waals surface area (Å²) >= 11 is 0. The van der Waals surface area contributed by atoms with E-state index < -0.39 is 27.8 Å². The number of hydrogen-bond acceptors (Lipinski definition) is 7. The summed E-state index contributed by atoms with van der Waals surface area (Å²) in [7, 11) is -3.61. The molecular formula is C19H19NO7S. The van der Waals surface area contributed by atoms with Gasteiger partial charge in [0, 0.05) is 11.8 Å². The first kappa shape index (κ1) is 19.7. The van der Waals surface area contributed by atoms with Crippen LogP contribution in [-0.2, 0) is 19.4 Å². The molecule has 0 radical (unpaired) electrons. The molecule has 0 aromatic heterocycles. The maximum absolute atomic E-state index is 12.4. The number of nitrogens with one attached hydrogen (secondary N) is 1. The molecule has 1 amide bonds. The number of anilines is 1. The third-order valence-electron chi connectivity index (χ3n) is 4.12. The SMILES string of the molecule is CCS(=O)(=O)c1ccccc1C(=O)O[C@@H](C)C(=O)Nc1ccc2c(c1)OCO2. The van der Waals surface area contributed by atoms with Crippen LogP contribution in [0.3, 0.4) is 0 Å². The fourth-order valence-electron chi connectivity index (χ4n) is 2.56. The highest BCUT2D eigenvalue weighted by molar-refractivity contribution is 7.91. The minimum absolute atomic E-state index is 0.105. The van der Waals surface area contributed by atoms with Gasteiger partial charge in [-0.25, -0.2) is 13.2 Å². The van der Waals surface area contributed by atoms with Gasteiger partial charge in [-0.1, -0.05) is 19.1 Å². The zero-order chi connectivity index (χ0) is 20.3. The van der Waals surface area contributed by atoms with E-state index in [1.54, 1.807) is 18.2 Å². The average molecular weight is 405 g/mol. The second kappa shape index (κ2) is 7.89. The fourth-order valence-corrected chi connectivity index (χ4v) is 3.64. The molecule has 148 valence electrons. The van der Waals surface area contributed by atoms with E-state index in [1.807, 2.05) is 0 Å². The van der Waals surface area contributed by atoms with Gasteiger partial charge in [-0.3, -0.25) is 4.79 Å². The molecule has 0 saturated carbocycles. The Morgan fingerprint density at radius 3 is 2.61 bits per heavy atom. The molecule has 1 heterocycles. The van der Waals surface area contributed by atoms with Crippen molar-refractivity contribution in [2.45, 2.75) is 24.8 Å². The van der Waals surface area contributed by atoms with Crippen LogP contribution in [0.15, 0.2) is 47.4 Å². The van der Waals surface area contributed by atoms with E-state index in [2.05, 4.69) is 5.32 Å². The van der Waals surface area contributed by atoms with Gasteiger partial charge in [0.2, 0.25) is 6.79 Å². The summed E-state index contributed by atoms with van der Waals surface area (Å²) in [5.41, 5.74) is 0.346. The summed E-state index contributed by atoms with van der Waals surface area (Å²) in [6.07, 6.45) is -1.14. The number of benzene rings is 2. The molecule has 0 fully saturated rings. The van der Waals surface area contributed by atoms with Gasteiger partial charge in [0.15, 0.2) is 27.4 Å². The molecule has 28 heavy (non-hydrogen) atoms. The number of sulfone groups is 1. The number of esters is 1. The average Bonchev–Trinajstić information content (AvgIpc) is 3.15. The second-order valence-corrected chi connectivity index (χ2v) is 8.25. The molecule has 1 aliphatic heterocycles. The summed E-state index contributed by atoms with van der Waals surface area (Å²) < 4.78 is 40.0. The molecule has 1 aliphatic rings. The van der Waals surface area contributed by atoms with Crippen molar-refractivity contribution in [2.75, 3.05) is 17.9 Å². The van der Waals surface area contributed by atoms with Crippen LogP contribution in [0.25, 0.3) is 0 Å². The van der Waals surface area contributed by atoms with E-state index in [0.717, 1.165) is 0 Å². The monoisotopic (exact) mass is 405 g/mol. The highest BCUT2D eigenvalue weighted by Gasteiger charge is 2.25. The first-order valence-electron chi connectivity index (χ1n) is 8.55. The van der Waals surface area contributed by atoms with Crippen LogP contribution in [0.4, 0.5) is 5.69 Å². The van der Waals surface area contributed by atoms with E-state index in [9.17, 15) is 18.0 Å². The Bertz CT molecular complexity index is 1020. The van der Waals surface area contributed by atoms with Gasteiger partial charge < -0.3 is 19.5 Å². The molecule has 9 heteroatoms. The second-order valence-electron chi connectivity index (χ2n) is 6.00. The van der Waals surface area contributed by atoms with E-state index in [0.29, 0.717) is 17.2 Å². The summed E-state index contributed by atoms with van der Waals surface area (Å²) in [4.78, 5) is 24.7. The van der Waals surface area contributed by atoms with Crippen molar-refractivity contribution in [3.05, 3.63) is 48.0 Å². The maximum Gasteiger partial charge on any atom is 0.340 e. The third-order valence-corrected chi connectivity index (χ3v) is 5.90. The Morgan fingerprint density at radius 2 is 1.86 bits per heavy atom. The third kappa shape index (κ3) is 4.09. The number of carbonyl (C=O) groups is 2. The smallest absolute Gasteiger partial charge is 0.340 e. The van der Waals surface area contributed by atoms with Crippen LogP contribution >= 0.6 is 0 Å². The Kier molecular flexibility index (Phi) is 5.55. The minimum atomic E-state index is -3.61. The van der Waals surface area contributed by atoms with Crippen molar-refractivity contribution in [3.63, 3.8) is 0 Å². The number of hydrogen-bond donors (Lipinski definition) is 1. The Balaban J connectivity index is 1.70. The van der Waals surface area contributed by atoms with Gasteiger partial charge in [-0.15, -0.1) is 0 Å². The van der Waals surface area contributed by atoms with Crippen LogP contribution < -0.4 is 14.8 Å². The van der Waals surface area contributed by atoms with Gasteiger partial charge in [0.1, 0.15) is 0 Å². The topological polar surface area (TPSA) is 108 Å². The highest BCUT2D eigenvalue weighted by Crippen LogP contribution is 2.34.